The van der Waals surface area contributed by atoms with E-state index in [-0.39, 0.29) is 17.4 Å². The van der Waals surface area contributed by atoms with Crippen LogP contribution in [0.25, 0.3) is 21.7 Å². The van der Waals surface area contributed by atoms with E-state index in [4.69, 9.17) is 20.7 Å². The highest BCUT2D eigenvalue weighted by atomic mass is 32.1. The van der Waals surface area contributed by atoms with Crippen LogP contribution in [-0.4, -0.2) is 36.3 Å². The van der Waals surface area contributed by atoms with Crippen molar-refractivity contribution in [3.05, 3.63) is 47.8 Å². The van der Waals surface area contributed by atoms with Gasteiger partial charge >= 0.3 is 0 Å². The maximum Gasteiger partial charge on any atom is 0.186 e. The number of nitrogens with zero attached hydrogens (tertiary/aromatic N) is 3. The van der Waals surface area contributed by atoms with Gasteiger partial charge in [-0.1, -0.05) is 17.4 Å². The fourth-order valence-corrected chi connectivity index (χ4v) is 4.65. The summed E-state index contributed by atoms with van der Waals surface area (Å²) in [6.07, 6.45) is 1.78. The smallest absolute Gasteiger partial charge is 0.186 e. The number of nitrogens with two attached hydrogens (primary N) is 1. The van der Waals surface area contributed by atoms with Gasteiger partial charge in [-0.15, -0.1) is 0 Å². The summed E-state index contributed by atoms with van der Waals surface area (Å²) in [6.45, 7) is 1.62. The molecule has 3 aromatic rings. The van der Waals surface area contributed by atoms with E-state index in [0.717, 1.165) is 41.5 Å². The van der Waals surface area contributed by atoms with Crippen molar-refractivity contribution in [1.29, 1.82) is 5.26 Å². The van der Waals surface area contributed by atoms with Gasteiger partial charge in [0.25, 0.3) is 0 Å². The van der Waals surface area contributed by atoms with Crippen LogP contribution in [-0.2, 0) is 0 Å². The minimum absolute atomic E-state index is 0.0112. The first kappa shape index (κ1) is 20.1. The second-order valence-corrected chi connectivity index (χ2v) is 8.17. The molecule has 1 fully saturated rings. The summed E-state index contributed by atoms with van der Waals surface area (Å²) in [5, 5.41) is 20.1. The molecule has 8 heteroatoms. The lowest BCUT2D eigenvalue weighted by Gasteiger charge is -2.29. The number of rotatable bonds is 4. The number of halogens is 1. The van der Waals surface area contributed by atoms with Crippen molar-refractivity contribution < 1.29 is 14.2 Å². The number of nitriles is 1. The number of aromatic hydroxyl groups is 1. The molecule has 0 bridgehead atoms. The first-order valence-corrected chi connectivity index (χ1v) is 10.4. The summed E-state index contributed by atoms with van der Waals surface area (Å²) in [5.74, 6) is -0.192. The van der Waals surface area contributed by atoms with Crippen molar-refractivity contribution in [1.82, 2.24) is 4.98 Å². The monoisotopic (exact) mass is 424 g/mol. The third kappa shape index (κ3) is 3.82. The van der Waals surface area contributed by atoms with Crippen LogP contribution < -0.4 is 15.4 Å². The standard InChI is InChI=1S/C22H21FN4O2S/c1-29-19-5-4-14(11-18(19)28)21-20(13-2-3-15(12-24)17(23)10-13)26-22(30-21)27-8-6-16(25)7-9-27/h2-5,10-11,16,28H,6-9,25H2,1H3. The highest BCUT2D eigenvalue weighted by molar-refractivity contribution is 7.19. The van der Waals surface area contributed by atoms with Gasteiger partial charge in [-0.2, -0.15) is 5.26 Å². The van der Waals surface area contributed by atoms with Crippen molar-refractivity contribution in [2.75, 3.05) is 25.1 Å². The summed E-state index contributed by atoms with van der Waals surface area (Å²) >= 11 is 1.49. The van der Waals surface area contributed by atoms with Gasteiger partial charge in [0.2, 0.25) is 0 Å². The second-order valence-electron chi connectivity index (χ2n) is 7.19. The number of piperidine rings is 1. The highest BCUT2D eigenvalue weighted by Gasteiger charge is 2.23. The van der Waals surface area contributed by atoms with Crippen molar-refractivity contribution >= 4 is 16.5 Å². The van der Waals surface area contributed by atoms with Crippen LogP contribution in [0.15, 0.2) is 36.4 Å². The number of ether oxygens (including phenoxy) is 1. The zero-order chi connectivity index (χ0) is 21.3. The van der Waals surface area contributed by atoms with E-state index in [2.05, 4.69) is 4.90 Å². The molecule has 0 radical (unpaired) electrons. The van der Waals surface area contributed by atoms with Crippen LogP contribution in [0.5, 0.6) is 11.5 Å². The van der Waals surface area contributed by atoms with Crippen LogP contribution >= 0.6 is 11.3 Å². The molecule has 0 unspecified atom stereocenters. The molecule has 0 atom stereocenters. The van der Waals surface area contributed by atoms with Gasteiger partial charge in [0.15, 0.2) is 16.6 Å². The Bertz CT molecular complexity index is 1120. The Morgan fingerprint density at radius 3 is 2.60 bits per heavy atom. The molecule has 30 heavy (non-hydrogen) atoms. The summed E-state index contributed by atoms with van der Waals surface area (Å²) in [7, 11) is 1.49. The Hall–Kier alpha value is -3.15. The van der Waals surface area contributed by atoms with Gasteiger partial charge in [-0.25, -0.2) is 9.37 Å². The van der Waals surface area contributed by atoms with Gasteiger partial charge in [-0.3, -0.25) is 0 Å². The van der Waals surface area contributed by atoms with Crippen LogP contribution in [0.4, 0.5) is 9.52 Å². The summed E-state index contributed by atoms with van der Waals surface area (Å²) < 4.78 is 19.4. The Kier molecular flexibility index (Phi) is 5.57. The van der Waals surface area contributed by atoms with Gasteiger partial charge in [0.1, 0.15) is 11.9 Å². The molecule has 0 saturated carbocycles. The predicted molar refractivity (Wildman–Crippen MR) is 115 cm³/mol. The number of aromatic nitrogens is 1. The Morgan fingerprint density at radius 1 is 1.23 bits per heavy atom. The zero-order valence-corrected chi connectivity index (χ0v) is 17.2. The first-order chi connectivity index (χ1) is 14.5. The highest BCUT2D eigenvalue weighted by Crippen LogP contribution is 2.43. The topological polar surface area (TPSA) is 95.4 Å². The summed E-state index contributed by atoms with van der Waals surface area (Å²) in [5.41, 5.74) is 7.96. The van der Waals surface area contributed by atoms with Crippen molar-refractivity contribution in [2.24, 2.45) is 5.73 Å². The van der Waals surface area contributed by atoms with Crippen molar-refractivity contribution in [3.8, 4) is 39.3 Å². The molecule has 2 aromatic carbocycles. The summed E-state index contributed by atoms with van der Waals surface area (Å²) in [6, 6.07) is 11.7. The molecule has 0 amide bonds. The average molecular weight is 425 g/mol. The van der Waals surface area contributed by atoms with Crippen molar-refractivity contribution in [2.45, 2.75) is 18.9 Å². The van der Waals surface area contributed by atoms with E-state index in [1.165, 1.54) is 30.6 Å². The quantitative estimate of drug-likeness (QED) is 0.654. The maximum absolute atomic E-state index is 14.3. The number of anilines is 1. The average Bonchev–Trinajstić information content (AvgIpc) is 3.19. The van der Waals surface area contributed by atoms with Crippen LogP contribution in [0.3, 0.4) is 0 Å². The number of phenolic OH excluding ortho intramolecular Hbond substituents is 1. The van der Waals surface area contributed by atoms with E-state index in [1.54, 1.807) is 18.2 Å². The number of hydrogen-bond donors (Lipinski definition) is 2. The first-order valence-electron chi connectivity index (χ1n) is 9.59. The lowest BCUT2D eigenvalue weighted by atomic mass is 10.0. The van der Waals surface area contributed by atoms with Crippen LogP contribution in [0, 0.1) is 17.1 Å². The Labute approximate surface area is 178 Å². The van der Waals surface area contributed by atoms with Gasteiger partial charge in [0, 0.05) is 24.7 Å². The molecule has 1 aromatic heterocycles. The molecule has 1 aliphatic heterocycles. The maximum atomic E-state index is 14.3. The van der Waals surface area contributed by atoms with Gasteiger partial charge in [-0.05, 0) is 48.7 Å². The number of methoxy groups -OCH3 is 1. The zero-order valence-electron chi connectivity index (χ0n) is 16.4. The van der Waals surface area contributed by atoms with Crippen molar-refractivity contribution in [3.63, 3.8) is 0 Å². The summed E-state index contributed by atoms with van der Waals surface area (Å²) in [4.78, 5) is 7.81. The third-order valence-corrected chi connectivity index (χ3v) is 6.40. The Morgan fingerprint density at radius 2 is 1.97 bits per heavy atom. The Balaban J connectivity index is 1.82. The fraction of sp³-hybridized carbons (Fsp3) is 0.273. The molecule has 1 saturated heterocycles. The van der Waals surface area contributed by atoms with E-state index in [0.29, 0.717) is 17.0 Å². The molecular formula is C22H21FN4O2S. The SMILES string of the molecule is COc1ccc(-c2sc(N3CCC(N)CC3)nc2-c2ccc(C#N)c(F)c2)cc1O. The molecule has 3 N–H and O–H groups in total. The minimum atomic E-state index is -0.586. The number of phenols is 1. The van der Waals surface area contributed by atoms with Crippen LogP contribution in [0.2, 0.25) is 0 Å². The normalized spacial score (nSPS) is 14.5. The molecule has 154 valence electrons. The third-order valence-electron chi connectivity index (χ3n) is 5.23. The fourth-order valence-electron chi connectivity index (χ4n) is 3.51. The molecule has 6 nitrogen and oxygen atoms in total. The largest absolute Gasteiger partial charge is 0.504 e. The van der Waals surface area contributed by atoms with E-state index >= 15 is 0 Å². The molecule has 2 heterocycles. The lowest BCUT2D eigenvalue weighted by Crippen LogP contribution is -2.39. The number of thiazole rings is 1. The molecular weight excluding hydrogens is 403 g/mol. The number of benzene rings is 2. The molecule has 0 aliphatic carbocycles. The second kappa shape index (κ2) is 8.30. The lowest BCUT2D eigenvalue weighted by molar-refractivity contribution is 0.373. The van der Waals surface area contributed by atoms with Gasteiger partial charge < -0.3 is 20.5 Å². The number of hydrogen-bond acceptors (Lipinski definition) is 7. The van der Waals surface area contributed by atoms with Crippen LogP contribution in [0.1, 0.15) is 18.4 Å². The molecule has 4 rings (SSSR count). The predicted octanol–water partition coefficient (Wildman–Crippen LogP) is 4.13. The molecule has 0 spiro atoms. The minimum Gasteiger partial charge on any atom is -0.504 e. The van der Waals surface area contributed by atoms with E-state index in [1.807, 2.05) is 12.1 Å². The van der Waals surface area contributed by atoms with E-state index < -0.39 is 5.82 Å². The van der Waals surface area contributed by atoms with E-state index in [9.17, 15) is 9.50 Å². The molecule has 1 aliphatic rings. The van der Waals surface area contributed by atoms with Gasteiger partial charge in [0.05, 0.1) is 23.2 Å².